The van der Waals surface area contributed by atoms with Crippen LogP contribution < -0.4 is 5.73 Å². The van der Waals surface area contributed by atoms with Crippen molar-refractivity contribution in [2.75, 3.05) is 6.54 Å². The van der Waals surface area contributed by atoms with Gasteiger partial charge in [-0.2, -0.15) is 13.2 Å². The van der Waals surface area contributed by atoms with Crippen molar-refractivity contribution in [3.05, 3.63) is 40.7 Å². The van der Waals surface area contributed by atoms with Gasteiger partial charge in [0.25, 0.3) is 0 Å². The highest BCUT2D eigenvalue weighted by atomic mass is 35.5. The average Bonchev–Trinajstić information content (AvgIpc) is 2.76. The molecule has 1 aromatic carbocycles. The van der Waals surface area contributed by atoms with E-state index in [2.05, 4.69) is 10.3 Å². The highest BCUT2D eigenvalue weighted by molar-refractivity contribution is 6.30. The molecular weight excluding hydrogens is 281 g/mol. The third-order valence-corrected chi connectivity index (χ3v) is 2.63. The van der Waals surface area contributed by atoms with Crippen LogP contribution in [0.1, 0.15) is 11.3 Å². The van der Waals surface area contributed by atoms with E-state index < -0.39 is 11.7 Å². The number of nitrogens with zero attached hydrogens (tertiary/aromatic N) is 3. The Labute approximate surface area is 112 Å². The first-order valence-electron chi connectivity index (χ1n) is 5.39. The van der Waals surface area contributed by atoms with Crippen LogP contribution in [-0.2, 0) is 12.6 Å². The molecule has 0 aliphatic rings. The number of hydrogen-bond acceptors (Lipinski definition) is 3. The third-order valence-electron chi connectivity index (χ3n) is 2.42. The summed E-state index contributed by atoms with van der Waals surface area (Å²) in [5.74, 6) is 0. The van der Waals surface area contributed by atoms with Gasteiger partial charge in [-0.1, -0.05) is 16.8 Å². The van der Waals surface area contributed by atoms with Crippen LogP contribution >= 0.6 is 11.6 Å². The molecule has 0 aliphatic carbocycles. The van der Waals surface area contributed by atoms with Gasteiger partial charge in [0.15, 0.2) is 0 Å². The summed E-state index contributed by atoms with van der Waals surface area (Å²) in [6.07, 6.45) is -2.42. The average molecular weight is 291 g/mol. The first kappa shape index (κ1) is 13.8. The quantitative estimate of drug-likeness (QED) is 0.944. The van der Waals surface area contributed by atoms with Crippen LogP contribution in [0.5, 0.6) is 0 Å². The van der Waals surface area contributed by atoms with E-state index in [0.29, 0.717) is 18.7 Å². The Morgan fingerprint density at radius 3 is 2.63 bits per heavy atom. The number of halogens is 4. The van der Waals surface area contributed by atoms with Crippen molar-refractivity contribution in [3.8, 4) is 5.69 Å². The van der Waals surface area contributed by atoms with E-state index in [0.717, 1.165) is 12.1 Å². The highest BCUT2D eigenvalue weighted by Gasteiger charge is 2.31. The molecule has 0 spiro atoms. The Kier molecular flexibility index (Phi) is 3.77. The molecule has 19 heavy (non-hydrogen) atoms. The number of benzene rings is 1. The molecule has 2 rings (SSSR count). The number of rotatable bonds is 3. The summed E-state index contributed by atoms with van der Waals surface area (Å²) in [5.41, 5.74) is 5.35. The molecule has 0 radical (unpaired) electrons. The molecule has 0 atom stereocenters. The molecule has 4 nitrogen and oxygen atoms in total. The zero-order chi connectivity index (χ0) is 14.0. The Balaban J connectivity index is 2.41. The Hall–Kier alpha value is -1.60. The normalized spacial score (nSPS) is 11.8. The molecule has 102 valence electrons. The van der Waals surface area contributed by atoms with Gasteiger partial charge in [0.1, 0.15) is 0 Å². The zero-order valence-corrected chi connectivity index (χ0v) is 10.4. The largest absolute Gasteiger partial charge is 0.416 e. The van der Waals surface area contributed by atoms with Crippen molar-refractivity contribution in [1.82, 2.24) is 15.0 Å². The summed E-state index contributed by atoms with van der Waals surface area (Å²) in [4.78, 5) is 0. The van der Waals surface area contributed by atoms with Gasteiger partial charge in [0.05, 0.1) is 23.1 Å². The van der Waals surface area contributed by atoms with Crippen LogP contribution in [0, 0.1) is 0 Å². The molecular formula is C11H10ClF3N4. The summed E-state index contributed by atoms with van der Waals surface area (Å²) >= 11 is 5.69. The van der Waals surface area contributed by atoms with Crippen molar-refractivity contribution in [2.45, 2.75) is 12.6 Å². The van der Waals surface area contributed by atoms with Gasteiger partial charge in [-0.05, 0) is 24.7 Å². The van der Waals surface area contributed by atoms with Gasteiger partial charge in [0, 0.05) is 11.4 Å². The SMILES string of the molecule is NCCc1cn(-c2cc(Cl)cc(C(F)(F)F)c2)nn1. The van der Waals surface area contributed by atoms with E-state index in [1.165, 1.54) is 16.9 Å². The van der Waals surface area contributed by atoms with E-state index in [9.17, 15) is 13.2 Å². The fourth-order valence-corrected chi connectivity index (χ4v) is 1.79. The van der Waals surface area contributed by atoms with Gasteiger partial charge in [-0.25, -0.2) is 4.68 Å². The van der Waals surface area contributed by atoms with Crippen molar-refractivity contribution in [1.29, 1.82) is 0 Å². The van der Waals surface area contributed by atoms with Crippen molar-refractivity contribution in [3.63, 3.8) is 0 Å². The summed E-state index contributed by atoms with van der Waals surface area (Å²) in [7, 11) is 0. The lowest BCUT2D eigenvalue weighted by molar-refractivity contribution is -0.137. The maximum atomic E-state index is 12.7. The minimum Gasteiger partial charge on any atom is -0.330 e. The van der Waals surface area contributed by atoms with Gasteiger partial charge >= 0.3 is 6.18 Å². The second-order valence-electron chi connectivity index (χ2n) is 3.89. The monoisotopic (exact) mass is 290 g/mol. The van der Waals surface area contributed by atoms with Crippen LogP contribution in [0.25, 0.3) is 5.69 Å². The smallest absolute Gasteiger partial charge is 0.330 e. The first-order valence-corrected chi connectivity index (χ1v) is 5.77. The summed E-state index contributed by atoms with van der Waals surface area (Å²) < 4.78 is 39.2. The standard InChI is InChI=1S/C11H10ClF3N4/c12-8-3-7(11(13,14)15)4-10(5-8)19-6-9(1-2-16)17-18-19/h3-6H,1-2,16H2. The molecule has 2 N–H and O–H groups in total. The molecule has 0 saturated heterocycles. The summed E-state index contributed by atoms with van der Waals surface area (Å²) in [6, 6.07) is 3.22. The number of alkyl halides is 3. The molecule has 0 fully saturated rings. The van der Waals surface area contributed by atoms with Gasteiger partial charge < -0.3 is 5.73 Å². The van der Waals surface area contributed by atoms with Crippen LogP contribution in [0.4, 0.5) is 13.2 Å². The fourth-order valence-electron chi connectivity index (χ4n) is 1.56. The maximum absolute atomic E-state index is 12.7. The van der Waals surface area contributed by atoms with Crippen LogP contribution in [0.15, 0.2) is 24.4 Å². The molecule has 0 unspecified atom stereocenters. The van der Waals surface area contributed by atoms with E-state index in [1.54, 1.807) is 0 Å². The molecule has 1 aromatic heterocycles. The molecule has 2 aromatic rings. The lowest BCUT2D eigenvalue weighted by Gasteiger charge is -2.09. The number of nitrogens with two attached hydrogens (primary N) is 1. The molecule has 8 heteroatoms. The second-order valence-corrected chi connectivity index (χ2v) is 4.33. The Morgan fingerprint density at radius 1 is 1.26 bits per heavy atom. The van der Waals surface area contributed by atoms with Gasteiger partial charge in [-0.15, -0.1) is 5.10 Å². The summed E-state index contributed by atoms with van der Waals surface area (Å²) in [6.45, 7) is 0.391. The van der Waals surface area contributed by atoms with E-state index in [-0.39, 0.29) is 10.7 Å². The van der Waals surface area contributed by atoms with Crippen molar-refractivity contribution in [2.24, 2.45) is 5.73 Å². The minimum atomic E-state index is -4.46. The minimum absolute atomic E-state index is 0.0132. The van der Waals surface area contributed by atoms with Crippen molar-refractivity contribution >= 4 is 11.6 Å². The molecule has 1 heterocycles. The lowest BCUT2D eigenvalue weighted by Crippen LogP contribution is -2.06. The second kappa shape index (κ2) is 5.18. The maximum Gasteiger partial charge on any atom is 0.416 e. The van der Waals surface area contributed by atoms with E-state index in [1.807, 2.05) is 0 Å². The third kappa shape index (κ3) is 3.24. The Bertz CT molecular complexity index is 580. The van der Waals surface area contributed by atoms with Gasteiger partial charge in [0.2, 0.25) is 0 Å². The highest BCUT2D eigenvalue weighted by Crippen LogP contribution is 2.32. The van der Waals surface area contributed by atoms with E-state index in [4.69, 9.17) is 17.3 Å². The zero-order valence-electron chi connectivity index (χ0n) is 9.65. The molecule has 0 amide bonds. The fraction of sp³-hybridized carbons (Fsp3) is 0.273. The molecule has 0 saturated carbocycles. The van der Waals surface area contributed by atoms with Crippen LogP contribution in [0.3, 0.4) is 0 Å². The molecule has 0 aliphatic heterocycles. The lowest BCUT2D eigenvalue weighted by atomic mass is 10.2. The topological polar surface area (TPSA) is 56.7 Å². The molecule has 0 bridgehead atoms. The first-order chi connectivity index (χ1) is 8.90. The van der Waals surface area contributed by atoms with Crippen LogP contribution in [-0.4, -0.2) is 21.5 Å². The number of aromatic nitrogens is 3. The predicted molar refractivity (Wildman–Crippen MR) is 64.1 cm³/mol. The van der Waals surface area contributed by atoms with Gasteiger partial charge in [-0.3, -0.25) is 0 Å². The van der Waals surface area contributed by atoms with Crippen molar-refractivity contribution < 1.29 is 13.2 Å². The van der Waals surface area contributed by atoms with E-state index >= 15 is 0 Å². The number of hydrogen-bond donors (Lipinski definition) is 1. The Morgan fingerprint density at radius 2 is 2.00 bits per heavy atom. The summed E-state index contributed by atoms with van der Waals surface area (Å²) in [5, 5.41) is 7.55. The van der Waals surface area contributed by atoms with Crippen LogP contribution in [0.2, 0.25) is 5.02 Å². The predicted octanol–water partition coefficient (Wildman–Crippen LogP) is 2.44.